The monoisotopic (exact) mass is 320 g/mol. The third-order valence-corrected chi connectivity index (χ3v) is 3.81. The minimum absolute atomic E-state index is 0.118. The molecule has 0 unspecified atom stereocenters. The van der Waals surface area contributed by atoms with Gasteiger partial charge in [-0.3, -0.25) is 0 Å². The smallest absolute Gasteiger partial charge is 0.410 e. The number of nitrogens with zero attached hydrogens (tertiary/aromatic N) is 1. The Kier molecular flexibility index (Phi) is 7.07. The molecule has 1 amide bonds. The van der Waals surface area contributed by atoms with Crippen molar-refractivity contribution in [1.29, 1.82) is 0 Å². The number of carbonyl (C=O) groups is 1. The number of hydrogen-bond acceptors (Lipinski definition) is 3. The molecule has 0 saturated heterocycles. The number of carbonyl (C=O) groups excluding carboxylic acids is 1. The molecule has 0 heterocycles. The van der Waals surface area contributed by atoms with E-state index in [4.69, 9.17) is 4.74 Å². The zero-order valence-corrected chi connectivity index (χ0v) is 15.7. The quantitative estimate of drug-likeness (QED) is 0.804. The molecule has 0 aromatic heterocycles. The molecule has 0 spiro atoms. The van der Waals surface area contributed by atoms with Gasteiger partial charge in [0.15, 0.2) is 0 Å². The van der Waals surface area contributed by atoms with Crippen LogP contribution in [0.2, 0.25) is 0 Å². The van der Waals surface area contributed by atoms with E-state index in [2.05, 4.69) is 37.4 Å². The Morgan fingerprint density at radius 3 is 2.48 bits per heavy atom. The minimum atomic E-state index is -0.462. The van der Waals surface area contributed by atoms with E-state index < -0.39 is 5.60 Å². The predicted molar refractivity (Wildman–Crippen MR) is 95.7 cm³/mol. The van der Waals surface area contributed by atoms with Gasteiger partial charge < -0.3 is 15.0 Å². The highest BCUT2D eigenvalue weighted by molar-refractivity contribution is 5.68. The third kappa shape index (κ3) is 6.61. The largest absolute Gasteiger partial charge is 0.444 e. The van der Waals surface area contributed by atoms with Crippen molar-refractivity contribution in [2.24, 2.45) is 0 Å². The molecular weight excluding hydrogens is 288 g/mol. The molecule has 1 aromatic carbocycles. The molecule has 0 fully saturated rings. The highest BCUT2D eigenvalue weighted by Gasteiger charge is 2.23. The summed E-state index contributed by atoms with van der Waals surface area (Å²) < 4.78 is 5.47. The van der Waals surface area contributed by atoms with E-state index in [1.54, 1.807) is 4.90 Å². The molecule has 0 aliphatic heterocycles. The van der Waals surface area contributed by atoms with Crippen molar-refractivity contribution < 1.29 is 9.53 Å². The van der Waals surface area contributed by atoms with Crippen LogP contribution in [0.4, 0.5) is 4.79 Å². The first kappa shape index (κ1) is 19.5. The molecule has 1 aromatic rings. The van der Waals surface area contributed by atoms with Crippen LogP contribution in [0.3, 0.4) is 0 Å². The van der Waals surface area contributed by atoms with Gasteiger partial charge in [-0.2, -0.15) is 0 Å². The number of nitrogens with one attached hydrogen (secondary N) is 1. The van der Waals surface area contributed by atoms with Crippen LogP contribution in [0.25, 0.3) is 0 Å². The molecule has 0 saturated carbocycles. The molecule has 1 rings (SSSR count). The lowest BCUT2D eigenvalue weighted by atomic mass is 10.0. The summed E-state index contributed by atoms with van der Waals surface area (Å²) in [6.07, 6.45) is -0.249. The van der Waals surface area contributed by atoms with Gasteiger partial charge in [-0.05, 0) is 65.2 Å². The first-order valence-corrected chi connectivity index (χ1v) is 8.37. The van der Waals surface area contributed by atoms with Crippen molar-refractivity contribution in [3.63, 3.8) is 0 Å². The molecule has 0 atom stereocenters. The maximum Gasteiger partial charge on any atom is 0.410 e. The maximum absolute atomic E-state index is 12.2. The zero-order valence-electron chi connectivity index (χ0n) is 15.7. The van der Waals surface area contributed by atoms with Crippen molar-refractivity contribution in [2.45, 2.75) is 66.7 Å². The van der Waals surface area contributed by atoms with Crippen LogP contribution in [-0.2, 0) is 11.3 Å². The zero-order chi connectivity index (χ0) is 17.6. The molecule has 23 heavy (non-hydrogen) atoms. The van der Waals surface area contributed by atoms with Crippen LogP contribution in [0.5, 0.6) is 0 Å². The van der Waals surface area contributed by atoms with Gasteiger partial charge in [-0.15, -0.1) is 0 Å². The third-order valence-electron chi connectivity index (χ3n) is 3.81. The van der Waals surface area contributed by atoms with Gasteiger partial charge in [-0.25, -0.2) is 4.79 Å². The van der Waals surface area contributed by atoms with Crippen molar-refractivity contribution in [1.82, 2.24) is 10.2 Å². The van der Waals surface area contributed by atoms with Crippen LogP contribution < -0.4 is 5.32 Å². The fourth-order valence-corrected chi connectivity index (χ4v) is 2.31. The number of rotatable bonds is 6. The van der Waals surface area contributed by atoms with Crippen LogP contribution in [-0.4, -0.2) is 35.7 Å². The molecule has 1 N–H and O–H groups in total. The van der Waals surface area contributed by atoms with E-state index in [0.717, 1.165) is 13.1 Å². The maximum atomic E-state index is 12.2. The van der Waals surface area contributed by atoms with E-state index in [1.165, 1.54) is 16.7 Å². The van der Waals surface area contributed by atoms with E-state index in [1.807, 2.05) is 34.6 Å². The van der Waals surface area contributed by atoms with Gasteiger partial charge >= 0.3 is 6.09 Å². The molecule has 0 aliphatic carbocycles. The van der Waals surface area contributed by atoms with Gasteiger partial charge in [0.2, 0.25) is 0 Å². The fourth-order valence-electron chi connectivity index (χ4n) is 2.31. The number of amides is 1. The molecule has 4 heteroatoms. The first-order chi connectivity index (χ1) is 10.6. The molecular formula is C19H32N2O2. The summed E-state index contributed by atoms with van der Waals surface area (Å²) in [6.45, 7) is 16.2. The Balaban J connectivity index is 2.50. The summed E-state index contributed by atoms with van der Waals surface area (Å²) in [5.41, 5.74) is 3.48. The SMILES string of the molecule is Cc1cccc(CNCCN(C(=O)OC(C)(C)C)C(C)C)c1C. The van der Waals surface area contributed by atoms with Gasteiger partial charge in [0.05, 0.1) is 0 Å². The Hall–Kier alpha value is -1.55. The molecule has 0 aliphatic rings. The van der Waals surface area contributed by atoms with Crippen LogP contribution in [0.15, 0.2) is 18.2 Å². The summed E-state index contributed by atoms with van der Waals surface area (Å²) >= 11 is 0. The summed E-state index contributed by atoms with van der Waals surface area (Å²) in [6, 6.07) is 6.47. The average molecular weight is 320 g/mol. The summed E-state index contributed by atoms with van der Waals surface area (Å²) in [7, 11) is 0. The number of benzene rings is 1. The first-order valence-electron chi connectivity index (χ1n) is 8.37. The molecule has 4 nitrogen and oxygen atoms in total. The van der Waals surface area contributed by atoms with Gasteiger partial charge in [0.25, 0.3) is 0 Å². The lowest BCUT2D eigenvalue weighted by Gasteiger charge is -2.30. The molecule has 130 valence electrons. The van der Waals surface area contributed by atoms with Crippen LogP contribution in [0, 0.1) is 13.8 Å². The highest BCUT2D eigenvalue weighted by atomic mass is 16.6. The normalized spacial score (nSPS) is 11.7. The standard InChI is InChI=1S/C19H32N2O2/c1-14(2)21(18(22)23-19(5,6)7)12-11-20-13-17-10-8-9-15(3)16(17)4/h8-10,14,20H,11-13H2,1-7H3. The van der Waals surface area contributed by atoms with E-state index in [0.29, 0.717) is 6.54 Å². The van der Waals surface area contributed by atoms with Crippen molar-refractivity contribution in [2.75, 3.05) is 13.1 Å². The second-order valence-electron chi connectivity index (χ2n) is 7.30. The topological polar surface area (TPSA) is 41.6 Å². The second-order valence-corrected chi connectivity index (χ2v) is 7.30. The summed E-state index contributed by atoms with van der Waals surface area (Å²) in [5.74, 6) is 0. The highest BCUT2D eigenvalue weighted by Crippen LogP contribution is 2.13. The molecule has 0 radical (unpaired) electrons. The average Bonchev–Trinajstić information content (AvgIpc) is 2.40. The van der Waals surface area contributed by atoms with E-state index >= 15 is 0 Å². The Labute approximate surface area is 141 Å². The van der Waals surface area contributed by atoms with Gasteiger partial charge in [0, 0.05) is 25.7 Å². The Morgan fingerprint density at radius 1 is 1.26 bits per heavy atom. The fraction of sp³-hybridized carbons (Fsp3) is 0.632. The Morgan fingerprint density at radius 2 is 1.91 bits per heavy atom. The lowest BCUT2D eigenvalue weighted by Crippen LogP contribution is -2.44. The predicted octanol–water partition coefficient (Wildman–Crippen LogP) is 4.04. The van der Waals surface area contributed by atoms with Gasteiger partial charge in [-0.1, -0.05) is 18.2 Å². The second kappa shape index (κ2) is 8.34. The number of ether oxygens (including phenoxy) is 1. The summed E-state index contributed by atoms with van der Waals surface area (Å²) in [4.78, 5) is 14.0. The molecule has 0 bridgehead atoms. The van der Waals surface area contributed by atoms with Crippen molar-refractivity contribution in [3.05, 3.63) is 34.9 Å². The van der Waals surface area contributed by atoms with Gasteiger partial charge in [0.1, 0.15) is 5.60 Å². The van der Waals surface area contributed by atoms with E-state index in [-0.39, 0.29) is 12.1 Å². The lowest BCUT2D eigenvalue weighted by molar-refractivity contribution is 0.0193. The summed E-state index contributed by atoms with van der Waals surface area (Å²) in [5, 5.41) is 3.42. The Bertz CT molecular complexity index is 519. The van der Waals surface area contributed by atoms with Crippen LogP contribution >= 0.6 is 0 Å². The number of hydrogen-bond donors (Lipinski definition) is 1. The van der Waals surface area contributed by atoms with Crippen LogP contribution in [0.1, 0.15) is 51.3 Å². The van der Waals surface area contributed by atoms with Crippen molar-refractivity contribution >= 4 is 6.09 Å². The van der Waals surface area contributed by atoms with Crippen molar-refractivity contribution in [3.8, 4) is 0 Å². The number of aryl methyl sites for hydroxylation is 1. The minimum Gasteiger partial charge on any atom is -0.444 e. The van der Waals surface area contributed by atoms with E-state index in [9.17, 15) is 4.79 Å².